The number of carbonyl (C=O) groups is 1. The van der Waals surface area contributed by atoms with Gasteiger partial charge in [0.2, 0.25) is 0 Å². The Morgan fingerprint density at radius 3 is 2.48 bits per heavy atom. The summed E-state index contributed by atoms with van der Waals surface area (Å²) in [6.45, 7) is 0. The molecule has 0 fully saturated rings. The third-order valence-corrected chi connectivity index (χ3v) is 3.28. The van der Waals surface area contributed by atoms with Crippen LogP contribution in [0, 0.1) is 10.1 Å². The lowest BCUT2D eigenvalue weighted by atomic mass is 10.1. The first-order valence-corrected chi connectivity index (χ1v) is 6.72. The number of hydrogen-bond acceptors (Lipinski definition) is 4. The predicted molar refractivity (Wildman–Crippen MR) is 82.3 cm³/mol. The van der Waals surface area contributed by atoms with E-state index in [0.29, 0.717) is 11.1 Å². The monoisotopic (exact) mass is 347 g/mol. The van der Waals surface area contributed by atoms with Gasteiger partial charge in [0.1, 0.15) is 0 Å². The molecule has 6 heteroatoms. The van der Waals surface area contributed by atoms with Gasteiger partial charge < -0.3 is 5.11 Å². The van der Waals surface area contributed by atoms with Crippen LogP contribution in [0.15, 0.2) is 53.0 Å². The number of carbonyl (C=O) groups excluding carboxylic acids is 1. The molecule has 106 valence electrons. The van der Waals surface area contributed by atoms with Crippen LogP contribution in [0.2, 0.25) is 0 Å². The number of phenols is 1. The van der Waals surface area contributed by atoms with E-state index in [9.17, 15) is 20.0 Å². The van der Waals surface area contributed by atoms with Gasteiger partial charge in [-0.25, -0.2) is 0 Å². The largest absolute Gasteiger partial charge is 0.502 e. The molecule has 0 radical (unpaired) electrons. The molecule has 2 aromatic carbocycles. The quantitative estimate of drug-likeness (QED) is 0.393. The third kappa shape index (κ3) is 3.76. The highest BCUT2D eigenvalue weighted by Gasteiger charge is 2.12. The number of halogens is 1. The zero-order chi connectivity index (χ0) is 15.4. The molecule has 0 aromatic heterocycles. The lowest BCUT2D eigenvalue weighted by molar-refractivity contribution is -0.385. The number of benzene rings is 2. The summed E-state index contributed by atoms with van der Waals surface area (Å²) in [5, 5.41) is 20.1. The van der Waals surface area contributed by atoms with Gasteiger partial charge in [-0.05, 0) is 42.0 Å². The Balaban J connectivity index is 2.21. The fourth-order valence-electron chi connectivity index (χ4n) is 1.67. The maximum atomic E-state index is 11.9. The SMILES string of the molecule is O=C(/C=C/c1ccc(O)c([N+](=O)[O-])c1)c1ccc(Br)cc1. The molecule has 0 spiro atoms. The summed E-state index contributed by atoms with van der Waals surface area (Å²) >= 11 is 3.28. The number of nitro benzene ring substituents is 1. The zero-order valence-electron chi connectivity index (χ0n) is 10.7. The number of rotatable bonds is 4. The van der Waals surface area contributed by atoms with Crippen LogP contribution in [0.25, 0.3) is 6.08 Å². The number of hydrogen-bond donors (Lipinski definition) is 1. The fraction of sp³-hybridized carbons (Fsp3) is 0. The fourth-order valence-corrected chi connectivity index (χ4v) is 1.94. The summed E-state index contributed by atoms with van der Waals surface area (Å²) < 4.78 is 0.872. The molecular formula is C15H10BrNO4. The number of nitro groups is 1. The third-order valence-electron chi connectivity index (χ3n) is 2.75. The highest BCUT2D eigenvalue weighted by molar-refractivity contribution is 9.10. The standard InChI is InChI=1S/C15H10BrNO4/c16-12-5-3-11(4-6-12)14(18)7-1-10-2-8-15(19)13(9-10)17(20)21/h1-9,19H/b7-1+. The molecule has 1 N–H and O–H groups in total. The lowest BCUT2D eigenvalue weighted by Gasteiger charge is -1.98. The minimum absolute atomic E-state index is 0.210. The van der Waals surface area contributed by atoms with Crippen molar-refractivity contribution in [2.75, 3.05) is 0 Å². The van der Waals surface area contributed by atoms with E-state index in [1.165, 1.54) is 30.4 Å². The van der Waals surface area contributed by atoms with Crippen LogP contribution in [0.1, 0.15) is 15.9 Å². The van der Waals surface area contributed by atoms with E-state index < -0.39 is 16.4 Å². The average Bonchev–Trinajstić information content (AvgIpc) is 2.46. The van der Waals surface area contributed by atoms with Crippen molar-refractivity contribution in [3.8, 4) is 5.75 Å². The second kappa shape index (κ2) is 6.32. The number of allylic oxidation sites excluding steroid dienone is 1. The number of ketones is 1. The van der Waals surface area contributed by atoms with E-state index in [4.69, 9.17) is 0 Å². The van der Waals surface area contributed by atoms with Crippen LogP contribution < -0.4 is 0 Å². The second-order valence-corrected chi connectivity index (χ2v) is 5.13. The molecular weight excluding hydrogens is 338 g/mol. The van der Waals surface area contributed by atoms with Gasteiger partial charge in [-0.1, -0.05) is 28.1 Å². The minimum Gasteiger partial charge on any atom is -0.502 e. The first kappa shape index (κ1) is 14.9. The topological polar surface area (TPSA) is 80.4 Å². The summed E-state index contributed by atoms with van der Waals surface area (Å²) in [7, 11) is 0. The van der Waals surface area contributed by atoms with Crippen LogP contribution >= 0.6 is 15.9 Å². The molecule has 0 aliphatic rings. The summed E-state index contributed by atoms with van der Waals surface area (Å²) in [6, 6.07) is 10.8. The van der Waals surface area contributed by atoms with Gasteiger partial charge in [0.15, 0.2) is 11.5 Å². The Bertz CT molecular complexity index is 723. The van der Waals surface area contributed by atoms with E-state index in [0.717, 1.165) is 4.47 Å². The Labute approximate surface area is 128 Å². The molecule has 0 aliphatic heterocycles. The molecule has 0 aliphatic carbocycles. The summed E-state index contributed by atoms with van der Waals surface area (Å²) in [4.78, 5) is 22.0. The van der Waals surface area contributed by atoms with Gasteiger partial charge >= 0.3 is 5.69 Å². The number of aromatic hydroxyl groups is 1. The summed E-state index contributed by atoms with van der Waals surface area (Å²) in [6.07, 6.45) is 2.80. The van der Waals surface area contributed by atoms with Crippen LogP contribution in [-0.4, -0.2) is 15.8 Å². The predicted octanol–water partition coefficient (Wildman–Crippen LogP) is 3.96. The van der Waals surface area contributed by atoms with E-state index >= 15 is 0 Å². The molecule has 0 bridgehead atoms. The molecule has 0 unspecified atom stereocenters. The van der Waals surface area contributed by atoms with Crippen molar-refractivity contribution in [1.82, 2.24) is 0 Å². The van der Waals surface area contributed by atoms with Crippen LogP contribution in [-0.2, 0) is 0 Å². The highest BCUT2D eigenvalue weighted by Crippen LogP contribution is 2.26. The maximum absolute atomic E-state index is 11.9. The molecule has 21 heavy (non-hydrogen) atoms. The average molecular weight is 348 g/mol. The number of phenolic OH excluding ortho intramolecular Hbond substituents is 1. The van der Waals surface area contributed by atoms with Gasteiger partial charge in [0.25, 0.3) is 0 Å². The van der Waals surface area contributed by atoms with Crippen LogP contribution in [0.4, 0.5) is 5.69 Å². The highest BCUT2D eigenvalue weighted by atomic mass is 79.9. The van der Waals surface area contributed by atoms with Gasteiger partial charge in [-0.15, -0.1) is 0 Å². The van der Waals surface area contributed by atoms with Crippen molar-refractivity contribution < 1.29 is 14.8 Å². The van der Waals surface area contributed by atoms with Crippen molar-refractivity contribution in [1.29, 1.82) is 0 Å². The minimum atomic E-state index is -0.677. The summed E-state index contributed by atoms with van der Waals surface area (Å²) in [5.41, 5.74) is 0.584. The Kier molecular flexibility index (Phi) is 4.49. The molecule has 2 aromatic rings. The van der Waals surface area contributed by atoms with Crippen molar-refractivity contribution in [3.63, 3.8) is 0 Å². The lowest BCUT2D eigenvalue weighted by Crippen LogP contribution is -1.93. The van der Waals surface area contributed by atoms with Crippen LogP contribution in [0.3, 0.4) is 0 Å². The number of nitrogens with zero attached hydrogens (tertiary/aromatic N) is 1. The van der Waals surface area contributed by atoms with Crippen molar-refractivity contribution >= 4 is 33.5 Å². The molecule has 0 amide bonds. The van der Waals surface area contributed by atoms with Crippen molar-refractivity contribution in [2.24, 2.45) is 0 Å². The van der Waals surface area contributed by atoms with Gasteiger partial charge in [0, 0.05) is 16.1 Å². The van der Waals surface area contributed by atoms with Crippen molar-refractivity contribution in [2.45, 2.75) is 0 Å². The second-order valence-electron chi connectivity index (χ2n) is 4.21. The Morgan fingerprint density at radius 1 is 1.19 bits per heavy atom. The normalized spacial score (nSPS) is 10.7. The van der Waals surface area contributed by atoms with Gasteiger partial charge in [-0.2, -0.15) is 0 Å². The first-order valence-electron chi connectivity index (χ1n) is 5.93. The van der Waals surface area contributed by atoms with Crippen LogP contribution in [0.5, 0.6) is 5.75 Å². The molecule has 0 saturated heterocycles. The smallest absolute Gasteiger partial charge is 0.311 e. The molecule has 0 atom stereocenters. The molecule has 5 nitrogen and oxygen atoms in total. The first-order chi connectivity index (χ1) is 9.97. The van der Waals surface area contributed by atoms with Crippen molar-refractivity contribution in [3.05, 3.63) is 74.3 Å². The molecule has 0 saturated carbocycles. The van der Waals surface area contributed by atoms with E-state index in [1.54, 1.807) is 24.3 Å². The maximum Gasteiger partial charge on any atom is 0.311 e. The zero-order valence-corrected chi connectivity index (χ0v) is 12.3. The van der Waals surface area contributed by atoms with E-state index in [2.05, 4.69) is 15.9 Å². The Hall–Kier alpha value is -2.47. The van der Waals surface area contributed by atoms with Gasteiger partial charge in [-0.3, -0.25) is 14.9 Å². The van der Waals surface area contributed by atoms with E-state index in [-0.39, 0.29) is 5.78 Å². The van der Waals surface area contributed by atoms with E-state index in [1.807, 2.05) is 0 Å². The Morgan fingerprint density at radius 2 is 1.86 bits per heavy atom. The van der Waals surface area contributed by atoms with Gasteiger partial charge in [0.05, 0.1) is 4.92 Å². The summed E-state index contributed by atoms with van der Waals surface area (Å²) in [5.74, 6) is -0.616. The molecule has 2 rings (SSSR count). The molecule has 0 heterocycles.